The Morgan fingerprint density at radius 1 is 1.00 bits per heavy atom. The first kappa shape index (κ1) is 20.6. The molecule has 31 heavy (non-hydrogen) atoms. The van der Waals surface area contributed by atoms with Crippen LogP contribution >= 0.6 is 0 Å². The smallest absolute Gasteiger partial charge is 0.325 e. The minimum absolute atomic E-state index is 0.298. The molecular weight excluding hydrogens is 390 g/mol. The molecule has 0 radical (unpaired) electrons. The van der Waals surface area contributed by atoms with Crippen molar-refractivity contribution in [1.82, 2.24) is 15.1 Å². The average Bonchev–Trinajstić information content (AvgIpc) is 2.98. The monoisotopic (exact) mass is 415 g/mol. The summed E-state index contributed by atoms with van der Waals surface area (Å²) in [5.74, 6) is -0.725. The third kappa shape index (κ3) is 3.77. The summed E-state index contributed by atoms with van der Waals surface area (Å²) in [6.45, 7) is 3.80. The van der Waals surface area contributed by atoms with Crippen LogP contribution in [0.5, 0.6) is 0 Å². The number of rotatable bonds is 5. The quantitative estimate of drug-likeness (QED) is 0.648. The number of carbonyl (C=O) groups is 3. The molecule has 1 fully saturated rings. The van der Waals surface area contributed by atoms with E-state index in [0.717, 1.165) is 26.8 Å². The summed E-state index contributed by atoms with van der Waals surface area (Å²) in [6.07, 6.45) is 0. The van der Waals surface area contributed by atoms with Gasteiger partial charge in [0.1, 0.15) is 12.1 Å². The molecule has 6 heteroatoms. The lowest BCUT2D eigenvalue weighted by Gasteiger charge is -2.24. The van der Waals surface area contributed by atoms with Gasteiger partial charge in [0, 0.05) is 13.6 Å². The Morgan fingerprint density at radius 3 is 2.42 bits per heavy atom. The second-order valence-electron chi connectivity index (χ2n) is 8.21. The van der Waals surface area contributed by atoms with Crippen LogP contribution in [0.15, 0.2) is 66.7 Å². The first-order valence-corrected chi connectivity index (χ1v) is 10.2. The van der Waals surface area contributed by atoms with E-state index in [2.05, 4.69) is 5.32 Å². The Hall–Kier alpha value is -3.67. The van der Waals surface area contributed by atoms with Crippen molar-refractivity contribution in [3.05, 3.63) is 83.4 Å². The lowest BCUT2D eigenvalue weighted by molar-refractivity contribution is -0.138. The van der Waals surface area contributed by atoms with E-state index in [4.69, 9.17) is 0 Å². The van der Waals surface area contributed by atoms with Gasteiger partial charge in [0.2, 0.25) is 5.91 Å². The van der Waals surface area contributed by atoms with Gasteiger partial charge in [0.05, 0.1) is 0 Å². The summed E-state index contributed by atoms with van der Waals surface area (Å²) in [6, 6.07) is 20.7. The molecule has 3 aromatic rings. The maximum Gasteiger partial charge on any atom is 0.325 e. The van der Waals surface area contributed by atoms with Crippen molar-refractivity contribution in [1.29, 1.82) is 0 Å². The summed E-state index contributed by atoms with van der Waals surface area (Å²) < 4.78 is 0. The van der Waals surface area contributed by atoms with E-state index in [9.17, 15) is 14.4 Å². The minimum atomic E-state index is -1.23. The van der Waals surface area contributed by atoms with Gasteiger partial charge in [-0.1, -0.05) is 72.3 Å². The molecule has 4 amide bonds. The Bertz CT molecular complexity index is 1170. The molecule has 1 atom stereocenters. The highest BCUT2D eigenvalue weighted by Crippen LogP contribution is 2.33. The van der Waals surface area contributed by atoms with Crippen LogP contribution in [0.2, 0.25) is 0 Å². The number of imide groups is 1. The average molecular weight is 415 g/mol. The minimum Gasteiger partial charge on any atom is -0.340 e. The molecule has 6 nitrogen and oxygen atoms in total. The van der Waals surface area contributed by atoms with E-state index in [1.165, 1.54) is 4.90 Å². The fraction of sp³-hybridized carbons (Fsp3) is 0.240. The van der Waals surface area contributed by atoms with Crippen molar-refractivity contribution < 1.29 is 14.4 Å². The molecule has 1 N–H and O–H groups in total. The third-order valence-electron chi connectivity index (χ3n) is 5.86. The summed E-state index contributed by atoms with van der Waals surface area (Å²) in [5, 5.41) is 4.68. The van der Waals surface area contributed by atoms with Crippen LogP contribution in [0.3, 0.4) is 0 Å². The maximum atomic E-state index is 13.3. The molecule has 158 valence electrons. The molecule has 1 saturated heterocycles. The zero-order chi connectivity index (χ0) is 22.2. The maximum absolute atomic E-state index is 13.3. The predicted molar refractivity (Wildman–Crippen MR) is 119 cm³/mol. The summed E-state index contributed by atoms with van der Waals surface area (Å²) in [4.78, 5) is 41.3. The lowest BCUT2D eigenvalue weighted by atomic mass is 9.88. The first-order valence-electron chi connectivity index (χ1n) is 10.2. The second kappa shape index (κ2) is 7.87. The van der Waals surface area contributed by atoms with Gasteiger partial charge in [-0.3, -0.25) is 14.5 Å². The Morgan fingerprint density at radius 2 is 1.68 bits per heavy atom. The number of nitrogens with one attached hydrogen (secondary N) is 1. The lowest BCUT2D eigenvalue weighted by Crippen LogP contribution is -2.43. The predicted octanol–water partition coefficient (Wildman–Crippen LogP) is 3.57. The number of hydrogen-bond acceptors (Lipinski definition) is 3. The highest BCUT2D eigenvalue weighted by molar-refractivity contribution is 6.10. The number of aryl methyl sites for hydroxylation is 1. The van der Waals surface area contributed by atoms with Crippen molar-refractivity contribution in [2.75, 3.05) is 13.6 Å². The Labute approximate surface area is 181 Å². The molecule has 1 heterocycles. The van der Waals surface area contributed by atoms with Gasteiger partial charge >= 0.3 is 6.03 Å². The highest BCUT2D eigenvalue weighted by atomic mass is 16.2. The number of benzene rings is 3. The molecular formula is C25H25N3O3. The van der Waals surface area contributed by atoms with Crippen molar-refractivity contribution in [2.45, 2.75) is 25.9 Å². The zero-order valence-electron chi connectivity index (χ0n) is 17.9. The number of urea groups is 1. The van der Waals surface area contributed by atoms with Gasteiger partial charge in [0.25, 0.3) is 5.91 Å². The molecule has 0 saturated carbocycles. The van der Waals surface area contributed by atoms with Gasteiger partial charge < -0.3 is 10.2 Å². The zero-order valence-corrected chi connectivity index (χ0v) is 17.9. The first-order chi connectivity index (χ1) is 14.8. The third-order valence-corrected chi connectivity index (χ3v) is 5.86. The van der Waals surface area contributed by atoms with Crippen LogP contribution in [-0.4, -0.2) is 41.2 Å². The number of hydrogen-bond donors (Lipinski definition) is 1. The molecule has 4 rings (SSSR count). The number of nitrogens with zero attached hydrogens (tertiary/aromatic N) is 2. The van der Waals surface area contributed by atoms with Crippen LogP contribution in [0.25, 0.3) is 10.8 Å². The van der Waals surface area contributed by atoms with Gasteiger partial charge in [-0.2, -0.15) is 0 Å². The molecule has 1 aliphatic rings. The fourth-order valence-corrected chi connectivity index (χ4v) is 4.00. The van der Waals surface area contributed by atoms with Gasteiger partial charge in [-0.25, -0.2) is 4.79 Å². The Balaban J connectivity index is 1.54. The van der Waals surface area contributed by atoms with E-state index < -0.39 is 17.5 Å². The van der Waals surface area contributed by atoms with Crippen LogP contribution in [0.4, 0.5) is 4.79 Å². The summed E-state index contributed by atoms with van der Waals surface area (Å²) >= 11 is 0. The topological polar surface area (TPSA) is 69.7 Å². The molecule has 0 aliphatic carbocycles. The van der Waals surface area contributed by atoms with Crippen LogP contribution in [0.1, 0.15) is 23.6 Å². The van der Waals surface area contributed by atoms with Crippen molar-refractivity contribution >= 4 is 28.6 Å². The van der Waals surface area contributed by atoms with E-state index in [0.29, 0.717) is 12.1 Å². The number of fused-ring (bicyclic) bond motifs is 1. The Kier molecular flexibility index (Phi) is 5.23. The molecule has 0 aromatic heterocycles. The van der Waals surface area contributed by atoms with E-state index in [-0.39, 0.29) is 12.5 Å². The number of carbonyl (C=O) groups excluding carboxylic acids is 3. The molecule has 0 spiro atoms. The SMILES string of the molecule is Cc1ccc(CN(C)C(=O)CN2C(=O)NC(C)(c3cccc4ccccc34)C2=O)cc1. The van der Waals surface area contributed by atoms with E-state index in [1.54, 1.807) is 14.0 Å². The molecule has 3 aromatic carbocycles. The van der Waals surface area contributed by atoms with Crippen molar-refractivity contribution in [3.63, 3.8) is 0 Å². The molecule has 1 aliphatic heterocycles. The normalized spacial score (nSPS) is 18.4. The molecule has 0 bridgehead atoms. The van der Waals surface area contributed by atoms with Gasteiger partial charge in [0.15, 0.2) is 0 Å². The second-order valence-corrected chi connectivity index (χ2v) is 8.21. The van der Waals surface area contributed by atoms with Crippen LogP contribution in [0, 0.1) is 6.92 Å². The number of amides is 4. The van der Waals surface area contributed by atoms with Crippen molar-refractivity contribution in [3.8, 4) is 0 Å². The van der Waals surface area contributed by atoms with Crippen LogP contribution in [-0.2, 0) is 21.7 Å². The molecule has 1 unspecified atom stereocenters. The summed E-state index contributed by atoms with van der Waals surface area (Å²) in [5.41, 5.74) is 1.62. The van der Waals surface area contributed by atoms with Gasteiger partial charge in [-0.15, -0.1) is 0 Å². The standard InChI is InChI=1S/C25H25N3O3/c1-17-11-13-18(14-12-17)15-27(3)22(29)16-28-23(30)25(2,26-24(28)31)21-10-6-8-19-7-4-5-9-20(19)21/h4-14H,15-16H2,1-3H3,(H,26,31). The van der Waals surface area contributed by atoms with Gasteiger partial charge in [-0.05, 0) is 35.7 Å². The number of likely N-dealkylation sites (N-methyl/N-ethyl adjacent to an activating group) is 1. The largest absolute Gasteiger partial charge is 0.340 e. The van der Waals surface area contributed by atoms with E-state index >= 15 is 0 Å². The van der Waals surface area contributed by atoms with E-state index in [1.807, 2.05) is 73.7 Å². The summed E-state index contributed by atoms with van der Waals surface area (Å²) in [7, 11) is 1.67. The highest BCUT2D eigenvalue weighted by Gasteiger charge is 2.50. The fourth-order valence-electron chi connectivity index (χ4n) is 4.00. The van der Waals surface area contributed by atoms with Crippen molar-refractivity contribution in [2.24, 2.45) is 0 Å². The van der Waals surface area contributed by atoms with Crippen LogP contribution < -0.4 is 5.32 Å².